The molecule has 0 saturated carbocycles. The molecule has 0 aliphatic rings. The second kappa shape index (κ2) is 7.63. The zero-order valence-corrected chi connectivity index (χ0v) is 11.6. The molecule has 0 amide bonds. The number of nitrogens with two attached hydrogens (primary N) is 1. The number of rotatable bonds is 7. The van der Waals surface area contributed by atoms with Crippen LogP contribution in [-0.4, -0.2) is 32.4 Å². The fourth-order valence-electron chi connectivity index (χ4n) is 1.56. The van der Waals surface area contributed by atoms with Crippen molar-refractivity contribution >= 4 is 11.7 Å². The normalized spacial score (nSPS) is 11.9. The molecule has 1 aromatic rings. The first-order valence-electron chi connectivity index (χ1n) is 6.30. The van der Waals surface area contributed by atoms with Gasteiger partial charge in [-0.3, -0.25) is 0 Å². The van der Waals surface area contributed by atoms with Crippen molar-refractivity contribution in [2.24, 2.45) is 0 Å². The van der Waals surface area contributed by atoms with Gasteiger partial charge in [0.2, 0.25) is 0 Å². The minimum Gasteiger partial charge on any atom is -0.492 e. The molecule has 19 heavy (non-hydrogen) atoms. The van der Waals surface area contributed by atoms with Gasteiger partial charge in [-0.25, -0.2) is 4.79 Å². The minimum absolute atomic E-state index is 0.194. The van der Waals surface area contributed by atoms with Crippen LogP contribution in [0.1, 0.15) is 30.6 Å². The fourth-order valence-corrected chi connectivity index (χ4v) is 1.56. The van der Waals surface area contributed by atoms with E-state index in [-0.39, 0.29) is 6.10 Å². The molecule has 0 bridgehead atoms. The Labute approximate surface area is 113 Å². The minimum atomic E-state index is -0.390. The Kier molecular flexibility index (Phi) is 6.15. The summed E-state index contributed by atoms with van der Waals surface area (Å²) in [6.07, 6.45) is 0.467. The third-order valence-electron chi connectivity index (χ3n) is 2.58. The van der Waals surface area contributed by atoms with Gasteiger partial charge < -0.3 is 19.9 Å². The van der Waals surface area contributed by atoms with Crippen LogP contribution in [0.25, 0.3) is 0 Å². The Balaban J connectivity index is 2.64. The van der Waals surface area contributed by atoms with Gasteiger partial charge in [0.05, 0.1) is 17.9 Å². The summed E-state index contributed by atoms with van der Waals surface area (Å²) in [6, 6.07) is 4.89. The number of ether oxygens (including phenoxy) is 3. The maximum absolute atomic E-state index is 11.9. The van der Waals surface area contributed by atoms with Gasteiger partial charge in [-0.2, -0.15) is 0 Å². The number of nitrogen functional groups attached to an aromatic ring is 1. The maximum Gasteiger partial charge on any atom is 0.338 e. The average molecular weight is 267 g/mol. The van der Waals surface area contributed by atoms with Crippen LogP contribution in [0.3, 0.4) is 0 Å². The van der Waals surface area contributed by atoms with E-state index in [1.54, 1.807) is 25.3 Å². The van der Waals surface area contributed by atoms with Gasteiger partial charge in [0.25, 0.3) is 0 Å². The summed E-state index contributed by atoms with van der Waals surface area (Å²) in [5.41, 5.74) is 6.66. The van der Waals surface area contributed by atoms with Gasteiger partial charge in [0, 0.05) is 20.1 Å². The van der Waals surface area contributed by atoms with Crippen molar-refractivity contribution in [2.45, 2.75) is 26.4 Å². The summed E-state index contributed by atoms with van der Waals surface area (Å²) in [5.74, 6) is 0.185. The van der Waals surface area contributed by atoms with Crippen LogP contribution in [0, 0.1) is 0 Å². The fraction of sp³-hybridized carbons (Fsp3) is 0.500. The van der Waals surface area contributed by atoms with E-state index in [1.165, 1.54) is 0 Å². The molecule has 0 radical (unpaired) electrons. The first-order valence-corrected chi connectivity index (χ1v) is 6.30. The van der Waals surface area contributed by atoms with Crippen LogP contribution in [0.15, 0.2) is 18.2 Å². The molecule has 1 aromatic carbocycles. The van der Waals surface area contributed by atoms with Crippen LogP contribution in [-0.2, 0) is 9.47 Å². The predicted molar refractivity (Wildman–Crippen MR) is 73.4 cm³/mol. The SMILES string of the molecule is CCOc1ccc(C(=O)OC(C)CCOC)cc1N. The van der Waals surface area contributed by atoms with Crippen molar-refractivity contribution in [2.75, 3.05) is 26.1 Å². The smallest absolute Gasteiger partial charge is 0.338 e. The van der Waals surface area contributed by atoms with E-state index in [4.69, 9.17) is 19.9 Å². The Morgan fingerprint density at radius 3 is 2.74 bits per heavy atom. The summed E-state index contributed by atoms with van der Waals surface area (Å²) < 4.78 is 15.5. The molecule has 0 aromatic heterocycles. The molecule has 106 valence electrons. The van der Waals surface area contributed by atoms with Crippen LogP contribution < -0.4 is 10.5 Å². The van der Waals surface area contributed by atoms with Gasteiger partial charge in [-0.15, -0.1) is 0 Å². The van der Waals surface area contributed by atoms with Crippen LogP contribution >= 0.6 is 0 Å². The van der Waals surface area contributed by atoms with E-state index in [0.717, 1.165) is 0 Å². The van der Waals surface area contributed by atoms with Gasteiger partial charge in [0.15, 0.2) is 0 Å². The van der Waals surface area contributed by atoms with E-state index < -0.39 is 5.97 Å². The summed E-state index contributed by atoms with van der Waals surface area (Å²) in [7, 11) is 1.61. The van der Waals surface area contributed by atoms with Crippen molar-refractivity contribution in [3.8, 4) is 5.75 Å². The Morgan fingerprint density at radius 1 is 1.42 bits per heavy atom. The number of hydrogen-bond acceptors (Lipinski definition) is 5. The largest absolute Gasteiger partial charge is 0.492 e. The molecule has 0 aliphatic heterocycles. The highest BCUT2D eigenvalue weighted by Crippen LogP contribution is 2.23. The lowest BCUT2D eigenvalue weighted by atomic mass is 10.2. The third-order valence-corrected chi connectivity index (χ3v) is 2.58. The van der Waals surface area contributed by atoms with E-state index in [0.29, 0.717) is 36.6 Å². The lowest BCUT2D eigenvalue weighted by Crippen LogP contribution is -2.17. The molecule has 1 rings (SSSR count). The summed E-state index contributed by atoms with van der Waals surface area (Å²) in [4.78, 5) is 11.9. The number of esters is 1. The number of methoxy groups -OCH3 is 1. The Hall–Kier alpha value is -1.75. The number of benzene rings is 1. The van der Waals surface area contributed by atoms with E-state index >= 15 is 0 Å². The Bertz CT molecular complexity index is 420. The first kappa shape index (κ1) is 15.3. The highest BCUT2D eigenvalue weighted by atomic mass is 16.5. The van der Waals surface area contributed by atoms with E-state index in [1.807, 2.05) is 13.8 Å². The highest BCUT2D eigenvalue weighted by molar-refractivity contribution is 5.91. The molecule has 2 N–H and O–H groups in total. The lowest BCUT2D eigenvalue weighted by Gasteiger charge is -2.13. The molecule has 0 spiro atoms. The monoisotopic (exact) mass is 267 g/mol. The molecule has 0 heterocycles. The molecule has 0 fully saturated rings. The molecule has 1 unspecified atom stereocenters. The Morgan fingerprint density at radius 2 is 2.16 bits per heavy atom. The number of carbonyl (C=O) groups excluding carboxylic acids is 1. The molecule has 0 saturated heterocycles. The van der Waals surface area contributed by atoms with Crippen molar-refractivity contribution in [1.29, 1.82) is 0 Å². The van der Waals surface area contributed by atoms with Crippen LogP contribution in [0.4, 0.5) is 5.69 Å². The summed E-state index contributed by atoms with van der Waals surface area (Å²) >= 11 is 0. The standard InChI is InChI=1S/C14H21NO4/c1-4-18-13-6-5-11(9-12(13)15)14(16)19-10(2)7-8-17-3/h5-6,9-10H,4,7-8,15H2,1-3H3. The van der Waals surface area contributed by atoms with Gasteiger partial charge in [-0.05, 0) is 32.0 Å². The molecule has 1 atom stereocenters. The van der Waals surface area contributed by atoms with E-state index in [9.17, 15) is 4.79 Å². The predicted octanol–water partition coefficient (Wildman–Crippen LogP) is 2.25. The van der Waals surface area contributed by atoms with Crippen LogP contribution in [0.5, 0.6) is 5.75 Å². The number of hydrogen-bond donors (Lipinski definition) is 1. The topological polar surface area (TPSA) is 70.8 Å². The molecular formula is C14H21NO4. The second-order valence-electron chi connectivity index (χ2n) is 4.18. The maximum atomic E-state index is 11.9. The van der Waals surface area contributed by atoms with E-state index in [2.05, 4.69) is 0 Å². The number of carbonyl (C=O) groups is 1. The highest BCUT2D eigenvalue weighted by Gasteiger charge is 2.13. The van der Waals surface area contributed by atoms with Crippen molar-refractivity contribution in [3.63, 3.8) is 0 Å². The molecular weight excluding hydrogens is 246 g/mol. The third kappa shape index (κ3) is 4.79. The summed E-state index contributed by atoms with van der Waals surface area (Å²) in [5, 5.41) is 0. The average Bonchev–Trinajstić information content (AvgIpc) is 2.38. The first-order chi connectivity index (χ1) is 9.08. The zero-order valence-electron chi connectivity index (χ0n) is 11.6. The van der Waals surface area contributed by atoms with Crippen molar-refractivity contribution < 1.29 is 19.0 Å². The van der Waals surface area contributed by atoms with Crippen molar-refractivity contribution in [3.05, 3.63) is 23.8 Å². The van der Waals surface area contributed by atoms with Crippen molar-refractivity contribution in [1.82, 2.24) is 0 Å². The number of anilines is 1. The second-order valence-corrected chi connectivity index (χ2v) is 4.18. The van der Waals surface area contributed by atoms with Gasteiger partial charge >= 0.3 is 5.97 Å². The summed E-state index contributed by atoms with van der Waals surface area (Å²) in [6.45, 7) is 4.79. The van der Waals surface area contributed by atoms with Crippen LogP contribution in [0.2, 0.25) is 0 Å². The molecule has 0 aliphatic carbocycles. The molecule has 5 heteroatoms. The van der Waals surface area contributed by atoms with Gasteiger partial charge in [-0.1, -0.05) is 0 Å². The quantitative estimate of drug-likeness (QED) is 0.606. The molecule has 5 nitrogen and oxygen atoms in total. The lowest BCUT2D eigenvalue weighted by molar-refractivity contribution is 0.0267. The zero-order chi connectivity index (χ0) is 14.3. The van der Waals surface area contributed by atoms with Gasteiger partial charge in [0.1, 0.15) is 11.9 Å².